The summed E-state index contributed by atoms with van der Waals surface area (Å²) in [6.07, 6.45) is -2.58. The second kappa shape index (κ2) is 25.9. The molecule has 8 rings (SSSR count). The van der Waals surface area contributed by atoms with Crippen LogP contribution in [0.2, 0.25) is 0 Å². The minimum Gasteiger partial charge on any atom is -0.443 e. The Hall–Kier alpha value is -6.68. The average Bonchev–Trinajstić information content (AvgIpc) is 3.86. The molecule has 6 N–H and O–H groups in total. The molecule has 18 nitrogen and oxygen atoms in total. The standard InChI is InChI=1S/C62H80F2N8O10/c1-59(2,65)38-72(50(37-81-35-42-17-11-8-12-18-42)54(76)71-30-14-28-62(40-71)48(33-69(6)58(62)79)44-21-25-46(64)26-22-44)52(74)31-51(73)55(77)82-56(60(3,4)66)67-49(36-80-34-41-15-9-7-10-16-41)53(75)70-29-13-27-61(39-70)47(32-68(5)57(61)78)43-19-23-45(63)24-20-43/h7-12,15-26,47-51,56,67,73H,13-14,27-40,65-66H2,1-6H3/t47-,48-,49-,50-,51?,56?,61-,62-/m1/s1. The van der Waals surface area contributed by atoms with E-state index in [4.69, 9.17) is 25.7 Å². The number of esters is 1. The van der Waals surface area contributed by atoms with Crippen LogP contribution in [0.4, 0.5) is 8.78 Å². The fraction of sp³-hybridized carbons (Fsp3) is 0.516. The Kier molecular flexibility index (Phi) is 19.4. The van der Waals surface area contributed by atoms with Gasteiger partial charge in [0.05, 0.1) is 49.2 Å². The fourth-order valence-corrected chi connectivity index (χ4v) is 12.4. The first-order chi connectivity index (χ1) is 38.9. The zero-order valence-corrected chi connectivity index (χ0v) is 47.9. The van der Waals surface area contributed by atoms with E-state index >= 15 is 9.59 Å². The number of amides is 5. The van der Waals surface area contributed by atoms with Crippen LogP contribution >= 0.6 is 0 Å². The molecule has 4 saturated heterocycles. The highest BCUT2D eigenvalue weighted by atomic mass is 19.1. The molecule has 82 heavy (non-hydrogen) atoms. The number of carbonyl (C=O) groups is 6. The maximum Gasteiger partial charge on any atom is 0.337 e. The molecule has 4 aliphatic heterocycles. The van der Waals surface area contributed by atoms with E-state index in [-0.39, 0.29) is 76.3 Å². The number of aliphatic hydroxyl groups excluding tert-OH is 1. The predicted octanol–water partition coefficient (Wildman–Crippen LogP) is 4.68. The Labute approximate surface area is 479 Å². The molecule has 442 valence electrons. The number of likely N-dealkylation sites (N-methyl/N-ethyl adjacent to an activating group) is 2. The van der Waals surface area contributed by atoms with Gasteiger partial charge in [0.25, 0.3) is 0 Å². The molecule has 0 saturated carbocycles. The second-order valence-electron chi connectivity index (χ2n) is 24.2. The summed E-state index contributed by atoms with van der Waals surface area (Å²) in [7, 11) is 3.42. The van der Waals surface area contributed by atoms with E-state index in [2.05, 4.69) is 5.32 Å². The Morgan fingerprint density at radius 3 is 1.60 bits per heavy atom. The monoisotopic (exact) mass is 1130 g/mol. The molecule has 2 unspecified atom stereocenters. The molecule has 4 fully saturated rings. The number of halogens is 2. The highest BCUT2D eigenvalue weighted by Gasteiger charge is 2.58. The summed E-state index contributed by atoms with van der Waals surface area (Å²) in [5, 5.41) is 14.8. The van der Waals surface area contributed by atoms with Crippen molar-refractivity contribution in [2.75, 3.05) is 73.1 Å². The van der Waals surface area contributed by atoms with Crippen molar-refractivity contribution >= 4 is 35.5 Å². The second-order valence-corrected chi connectivity index (χ2v) is 24.2. The summed E-state index contributed by atoms with van der Waals surface area (Å²) >= 11 is 0. The van der Waals surface area contributed by atoms with Crippen LogP contribution in [-0.4, -0.2) is 174 Å². The number of hydrogen-bond donors (Lipinski definition) is 4. The number of rotatable bonds is 22. The number of nitrogens with zero attached hydrogens (tertiary/aromatic N) is 5. The van der Waals surface area contributed by atoms with Crippen LogP contribution in [-0.2, 0) is 56.2 Å². The SMILES string of the molecule is CN1C[C@H](c2ccc(F)cc2)[C@]2(CCCN(C(=O)[C@@H](COCc3ccccc3)N(CC(C)(C)N)C(=O)CC(O)C(=O)OC(N[C@H](COCc3ccccc3)C(=O)N3CCC[C@]4(C3)C(=O)N(C)C[C@@H]4c3ccc(F)cc3)C(C)(C)N)C2)C1=O. The zero-order valence-electron chi connectivity index (χ0n) is 47.9. The summed E-state index contributed by atoms with van der Waals surface area (Å²) in [6.45, 7) is 7.17. The van der Waals surface area contributed by atoms with Gasteiger partial charge < -0.3 is 55.3 Å². The fourth-order valence-electron chi connectivity index (χ4n) is 12.4. The van der Waals surface area contributed by atoms with E-state index in [1.165, 1.54) is 29.2 Å². The van der Waals surface area contributed by atoms with E-state index in [0.717, 1.165) is 22.3 Å². The third-order valence-electron chi connectivity index (χ3n) is 16.6. The van der Waals surface area contributed by atoms with Gasteiger partial charge in [-0.05, 0) is 99.9 Å². The number of ether oxygens (including phenoxy) is 3. The Morgan fingerprint density at radius 1 is 0.695 bits per heavy atom. The first kappa shape index (κ1) is 61.4. The van der Waals surface area contributed by atoms with Gasteiger partial charge in [-0.3, -0.25) is 29.3 Å². The predicted molar refractivity (Wildman–Crippen MR) is 302 cm³/mol. The normalized spacial score (nSPS) is 22.8. The number of carbonyl (C=O) groups excluding carboxylic acids is 6. The van der Waals surface area contributed by atoms with E-state index in [0.29, 0.717) is 45.3 Å². The molecule has 5 amide bonds. The molecule has 0 aromatic heterocycles. The number of nitrogens with two attached hydrogens (primary N) is 2. The van der Waals surface area contributed by atoms with Gasteiger partial charge in [0.2, 0.25) is 29.5 Å². The van der Waals surface area contributed by atoms with E-state index in [9.17, 15) is 33.1 Å². The molecule has 4 aliphatic rings. The molecule has 20 heteroatoms. The van der Waals surface area contributed by atoms with Crippen molar-refractivity contribution in [1.82, 2.24) is 29.8 Å². The van der Waals surface area contributed by atoms with Crippen molar-refractivity contribution in [2.24, 2.45) is 22.3 Å². The van der Waals surface area contributed by atoms with Crippen molar-refractivity contribution in [3.05, 3.63) is 143 Å². The van der Waals surface area contributed by atoms with Gasteiger partial charge in [0.15, 0.2) is 12.3 Å². The molecule has 4 aromatic carbocycles. The first-order valence-corrected chi connectivity index (χ1v) is 28.2. The van der Waals surface area contributed by atoms with Gasteiger partial charge in [-0.25, -0.2) is 13.6 Å². The molecule has 4 heterocycles. The smallest absolute Gasteiger partial charge is 0.337 e. The summed E-state index contributed by atoms with van der Waals surface area (Å²) in [5.41, 5.74) is 11.9. The van der Waals surface area contributed by atoms with Crippen LogP contribution in [0.3, 0.4) is 0 Å². The topological polar surface area (TPSA) is 231 Å². The van der Waals surface area contributed by atoms with Gasteiger partial charge in [-0.2, -0.15) is 0 Å². The maximum absolute atomic E-state index is 15.3. The van der Waals surface area contributed by atoms with Gasteiger partial charge in [-0.1, -0.05) is 84.9 Å². The number of likely N-dealkylation sites (tertiary alicyclic amines) is 4. The summed E-state index contributed by atoms with van der Waals surface area (Å²) in [4.78, 5) is 95.5. The van der Waals surface area contributed by atoms with Crippen molar-refractivity contribution in [3.63, 3.8) is 0 Å². The van der Waals surface area contributed by atoms with Crippen LogP contribution < -0.4 is 16.8 Å². The molecule has 2 spiro atoms. The number of nitrogens with one attached hydrogen (secondary N) is 1. The minimum atomic E-state index is -2.12. The number of benzene rings is 4. The van der Waals surface area contributed by atoms with Gasteiger partial charge in [0.1, 0.15) is 23.7 Å². The van der Waals surface area contributed by atoms with Crippen molar-refractivity contribution < 1.29 is 56.9 Å². The summed E-state index contributed by atoms with van der Waals surface area (Å²) < 4.78 is 46.6. The summed E-state index contributed by atoms with van der Waals surface area (Å²) in [5.74, 6) is -4.90. The molecule has 8 atom stereocenters. The Morgan fingerprint density at radius 2 is 1.15 bits per heavy atom. The zero-order chi connectivity index (χ0) is 59.1. The van der Waals surface area contributed by atoms with Crippen molar-refractivity contribution in [2.45, 2.75) is 120 Å². The first-order valence-electron chi connectivity index (χ1n) is 28.2. The summed E-state index contributed by atoms with van der Waals surface area (Å²) in [6, 6.07) is 28.1. The lowest BCUT2D eigenvalue weighted by atomic mass is 9.69. The van der Waals surface area contributed by atoms with Crippen LogP contribution in [0.1, 0.15) is 93.9 Å². The van der Waals surface area contributed by atoms with Crippen molar-refractivity contribution in [3.8, 4) is 0 Å². The van der Waals surface area contributed by atoms with Crippen LogP contribution in [0, 0.1) is 22.5 Å². The number of aliphatic hydroxyl groups is 1. The molecule has 4 aromatic rings. The highest BCUT2D eigenvalue weighted by Crippen LogP contribution is 2.51. The third kappa shape index (κ3) is 14.2. The largest absolute Gasteiger partial charge is 0.443 e. The minimum absolute atomic E-state index is 0.00387. The average molecular weight is 1140 g/mol. The molecule has 0 aliphatic carbocycles. The lowest BCUT2D eigenvalue weighted by molar-refractivity contribution is -0.169. The lowest BCUT2D eigenvalue weighted by Crippen LogP contribution is -2.63. The molecular formula is C62H80F2N8O10. The highest BCUT2D eigenvalue weighted by molar-refractivity contribution is 5.92. The van der Waals surface area contributed by atoms with E-state index in [1.807, 2.05) is 60.7 Å². The van der Waals surface area contributed by atoms with Crippen LogP contribution in [0.5, 0.6) is 0 Å². The molecule has 0 radical (unpaired) electrons. The Balaban J connectivity index is 1.03. The van der Waals surface area contributed by atoms with E-state index in [1.54, 1.807) is 85.7 Å². The van der Waals surface area contributed by atoms with Crippen molar-refractivity contribution in [1.29, 1.82) is 0 Å². The van der Waals surface area contributed by atoms with E-state index < -0.39 is 88.1 Å². The lowest BCUT2D eigenvalue weighted by Gasteiger charge is -2.45. The number of hydrogen-bond acceptors (Lipinski definition) is 13. The quantitative estimate of drug-likeness (QED) is 0.0620. The number of piperidine rings is 2. The van der Waals surface area contributed by atoms with Gasteiger partial charge >= 0.3 is 5.97 Å². The van der Waals surface area contributed by atoms with Crippen LogP contribution in [0.25, 0.3) is 0 Å². The van der Waals surface area contributed by atoms with Gasteiger partial charge in [0, 0.05) is 77.3 Å². The molecule has 0 bridgehead atoms. The third-order valence-corrected chi connectivity index (χ3v) is 16.6. The maximum atomic E-state index is 15.3. The van der Waals surface area contributed by atoms with Gasteiger partial charge in [-0.15, -0.1) is 0 Å². The Bertz CT molecular complexity index is 2870. The van der Waals surface area contributed by atoms with Crippen LogP contribution in [0.15, 0.2) is 109 Å². The molecular weight excluding hydrogens is 1050 g/mol.